The standard InChI is InChI=1S/C10H18O2/c1-2-7-8-5-3-4-6-9(8)12-10(7)11/h7-11H,2-6H2,1H3. The molecule has 0 radical (unpaired) electrons. The van der Waals surface area contributed by atoms with Gasteiger partial charge in [0.25, 0.3) is 0 Å². The summed E-state index contributed by atoms with van der Waals surface area (Å²) < 4.78 is 5.52. The molecule has 1 saturated carbocycles. The van der Waals surface area contributed by atoms with Crippen LogP contribution in [0, 0.1) is 11.8 Å². The van der Waals surface area contributed by atoms with E-state index >= 15 is 0 Å². The monoisotopic (exact) mass is 170 g/mol. The summed E-state index contributed by atoms with van der Waals surface area (Å²) in [6.45, 7) is 2.15. The number of ether oxygens (including phenoxy) is 1. The Labute approximate surface area is 73.9 Å². The van der Waals surface area contributed by atoms with Gasteiger partial charge in [0.15, 0.2) is 6.29 Å². The van der Waals surface area contributed by atoms with Gasteiger partial charge < -0.3 is 9.84 Å². The Morgan fingerprint density at radius 2 is 2.08 bits per heavy atom. The van der Waals surface area contributed by atoms with Crippen molar-refractivity contribution in [2.45, 2.75) is 51.4 Å². The molecule has 2 nitrogen and oxygen atoms in total. The van der Waals surface area contributed by atoms with Crippen LogP contribution in [0.4, 0.5) is 0 Å². The molecule has 2 heteroatoms. The van der Waals surface area contributed by atoms with Gasteiger partial charge in [0.2, 0.25) is 0 Å². The van der Waals surface area contributed by atoms with Gasteiger partial charge >= 0.3 is 0 Å². The Morgan fingerprint density at radius 1 is 1.33 bits per heavy atom. The Kier molecular flexibility index (Phi) is 2.37. The van der Waals surface area contributed by atoms with Crippen molar-refractivity contribution < 1.29 is 9.84 Å². The Bertz CT molecular complexity index is 158. The van der Waals surface area contributed by atoms with E-state index in [9.17, 15) is 5.11 Å². The maximum Gasteiger partial charge on any atom is 0.158 e. The van der Waals surface area contributed by atoms with Crippen molar-refractivity contribution in [3.8, 4) is 0 Å². The van der Waals surface area contributed by atoms with Crippen molar-refractivity contribution in [3.63, 3.8) is 0 Å². The van der Waals surface area contributed by atoms with Crippen molar-refractivity contribution in [1.29, 1.82) is 0 Å². The number of hydrogen-bond acceptors (Lipinski definition) is 2. The first kappa shape index (κ1) is 8.52. The van der Waals surface area contributed by atoms with Gasteiger partial charge in [-0.1, -0.05) is 19.8 Å². The summed E-state index contributed by atoms with van der Waals surface area (Å²) in [7, 11) is 0. The average Bonchev–Trinajstić information content (AvgIpc) is 2.40. The van der Waals surface area contributed by atoms with Gasteiger partial charge in [-0.2, -0.15) is 0 Å². The lowest BCUT2D eigenvalue weighted by Gasteiger charge is -2.26. The molecule has 2 rings (SSSR count). The van der Waals surface area contributed by atoms with Crippen LogP contribution in [0.2, 0.25) is 0 Å². The molecule has 1 heterocycles. The summed E-state index contributed by atoms with van der Waals surface area (Å²) >= 11 is 0. The molecule has 0 aromatic carbocycles. The first-order chi connectivity index (χ1) is 5.83. The molecule has 0 bridgehead atoms. The molecule has 1 aliphatic carbocycles. The van der Waals surface area contributed by atoms with Crippen LogP contribution in [-0.2, 0) is 4.74 Å². The summed E-state index contributed by atoms with van der Waals surface area (Å²) in [5.74, 6) is 1.06. The van der Waals surface area contributed by atoms with Crippen LogP contribution in [0.1, 0.15) is 39.0 Å². The van der Waals surface area contributed by atoms with Crippen molar-refractivity contribution >= 4 is 0 Å². The largest absolute Gasteiger partial charge is 0.368 e. The van der Waals surface area contributed by atoms with Crippen molar-refractivity contribution in [1.82, 2.24) is 0 Å². The zero-order valence-electron chi connectivity index (χ0n) is 7.70. The smallest absolute Gasteiger partial charge is 0.158 e. The summed E-state index contributed by atoms with van der Waals surface area (Å²) in [5, 5.41) is 9.60. The quantitative estimate of drug-likeness (QED) is 0.651. The Hall–Kier alpha value is -0.0800. The number of fused-ring (bicyclic) bond motifs is 1. The van der Waals surface area contributed by atoms with Crippen LogP contribution < -0.4 is 0 Å². The van der Waals surface area contributed by atoms with E-state index in [0.29, 0.717) is 17.9 Å². The van der Waals surface area contributed by atoms with Gasteiger partial charge in [0.05, 0.1) is 6.10 Å². The van der Waals surface area contributed by atoms with E-state index in [-0.39, 0.29) is 0 Å². The van der Waals surface area contributed by atoms with Crippen LogP contribution in [0.3, 0.4) is 0 Å². The van der Waals surface area contributed by atoms with Gasteiger partial charge in [-0.25, -0.2) is 0 Å². The minimum absolute atomic E-state index is 0.374. The number of rotatable bonds is 1. The molecule has 0 aromatic rings. The van der Waals surface area contributed by atoms with Crippen LogP contribution >= 0.6 is 0 Å². The number of aliphatic hydroxyl groups is 1. The van der Waals surface area contributed by atoms with E-state index in [2.05, 4.69) is 6.92 Å². The van der Waals surface area contributed by atoms with E-state index in [4.69, 9.17) is 4.74 Å². The molecule has 4 unspecified atom stereocenters. The minimum Gasteiger partial charge on any atom is -0.368 e. The van der Waals surface area contributed by atoms with Crippen molar-refractivity contribution in [2.75, 3.05) is 0 Å². The molecule has 1 saturated heterocycles. The van der Waals surface area contributed by atoms with Gasteiger partial charge in [-0.05, 0) is 25.2 Å². The third-order valence-corrected chi connectivity index (χ3v) is 3.46. The van der Waals surface area contributed by atoms with E-state index in [1.165, 1.54) is 19.3 Å². The average molecular weight is 170 g/mol. The van der Waals surface area contributed by atoms with Crippen LogP contribution in [0.25, 0.3) is 0 Å². The Morgan fingerprint density at radius 3 is 2.83 bits per heavy atom. The van der Waals surface area contributed by atoms with E-state index in [0.717, 1.165) is 12.8 Å². The van der Waals surface area contributed by atoms with E-state index in [1.54, 1.807) is 0 Å². The third-order valence-electron chi connectivity index (χ3n) is 3.46. The van der Waals surface area contributed by atoms with Crippen LogP contribution in [0.5, 0.6) is 0 Å². The normalized spacial score (nSPS) is 47.5. The fraction of sp³-hybridized carbons (Fsp3) is 1.00. The second kappa shape index (κ2) is 3.35. The highest BCUT2D eigenvalue weighted by Crippen LogP contribution is 2.41. The molecule has 1 aliphatic heterocycles. The van der Waals surface area contributed by atoms with Gasteiger partial charge in [-0.3, -0.25) is 0 Å². The maximum absolute atomic E-state index is 9.60. The minimum atomic E-state index is -0.469. The highest BCUT2D eigenvalue weighted by atomic mass is 16.6. The zero-order valence-corrected chi connectivity index (χ0v) is 7.70. The predicted molar refractivity (Wildman–Crippen MR) is 46.6 cm³/mol. The molecular weight excluding hydrogens is 152 g/mol. The van der Waals surface area contributed by atoms with Crippen molar-refractivity contribution in [3.05, 3.63) is 0 Å². The SMILES string of the molecule is CCC1C(O)OC2CCCCC21. The first-order valence-electron chi connectivity index (χ1n) is 5.16. The van der Waals surface area contributed by atoms with Gasteiger partial charge in [0, 0.05) is 5.92 Å². The fourth-order valence-corrected chi connectivity index (χ4v) is 2.78. The lowest BCUT2D eigenvalue weighted by atomic mass is 9.79. The maximum atomic E-state index is 9.60. The van der Waals surface area contributed by atoms with Crippen molar-refractivity contribution in [2.24, 2.45) is 11.8 Å². The van der Waals surface area contributed by atoms with Gasteiger partial charge in [0.1, 0.15) is 0 Å². The fourth-order valence-electron chi connectivity index (χ4n) is 2.78. The summed E-state index contributed by atoms with van der Waals surface area (Å²) in [5.41, 5.74) is 0. The van der Waals surface area contributed by atoms with Gasteiger partial charge in [-0.15, -0.1) is 0 Å². The summed E-state index contributed by atoms with van der Waals surface area (Å²) in [4.78, 5) is 0. The Balaban J connectivity index is 2.05. The topological polar surface area (TPSA) is 29.5 Å². The highest BCUT2D eigenvalue weighted by Gasteiger charge is 2.43. The predicted octanol–water partition coefficient (Wildman–Crippen LogP) is 1.92. The molecule has 0 spiro atoms. The molecule has 12 heavy (non-hydrogen) atoms. The van der Waals surface area contributed by atoms with E-state index < -0.39 is 6.29 Å². The number of aliphatic hydroxyl groups excluding tert-OH is 1. The zero-order chi connectivity index (χ0) is 8.55. The molecule has 4 atom stereocenters. The lowest BCUT2D eigenvalue weighted by Crippen LogP contribution is -2.24. The molecule has 2 aliphatic rings. The first-order valence-corrected chi connectivity index (χ1v) is 5.16. The molecular formula is C10H18O2. The number of hydrogen-bond donors (Lipinski definition) is 1. The van der Waals surface area contributed by atoms with Crippen LogP contribution in [-0.4, -0.2) is 17.5 Å². The molecule has 0 amide bonds. The molecule has 0 aromatic heterocycles. The second-order valence-corrected chi connectivity index (χ2v) is 4.09. The highest BCUT2D eigenvalue weighted by molar-refractivity contribution is 4.87. The summed E-state index contributed by atoms with van der Waals surface area (Å²) in [6, 6.07) is 0. The summed E-state index contributed by atoms with van der Waals surface area (Å²) in [6.07, 6.45) is 6.00. The van der Waals surface area contributed by atoms with Crippen LogP contribution in [0.15, 0.2) is 0 Å². The molecule has 70 valence electrons. The third kappa shape index (κ3) is 1.27. The second-order valence-electron chi connectivity index (χ2n) is 4.09. The molecule has 1 N–H and O–H groups in total. The lowest BCUT2D eigenvalue weighted by molar-refractivity contribution is -0.110. The van der Waals surface area contributed by atoms with E-state index in [1.807, 2.05) is 0 Å². The molecule has 2 fully saturated rings.